The van der Waals surface area contributed by atoms with Crippen LogP contribution in [0.25, 0.3) is 0 Å². The minimum atomic E-state index is -0.458. The summed E-state index contributed by atoms with van der Waals surface area (Å²) < 4.78 is 18.7. The lowest BCUT2D eigenvalue weighted by Gasteiger charge is -2.07. The maximum atomic E-state index is 13.4. The van der Waals surface area contributed by atoms with Crippen molar-refractivity contribution in [3.05, 3.63) is 65.5 Å². The number of benzene rings is 2. The van der Waals surface area contributed by atoms with Gasteiger partial charge in [0.15, 0.2) is 11.6 Å². The molecule has 0 aliphatic heterocycles. The molecule has 0 saturated heterocycles. The fraction of sp³-hybridized carbons (Fsp3) is 0.0714. The van der Waals surface area contributed by atoms with Gasteiger partial charge in [0.05, 0.1) is 11.6 Å². The van der Waals surface area contributed by atoms with Crippen LogP contribution in [-0.4, -0.2) is 0 Å². The quantitative estimate of drug-likeness (QED) is 0.806. The summed E-state index contributed by atoms with van der Waals surface area (Å²) in [5, 5.41) is 8.71. The average Bonchev–Trinajstić information content (AvgIpc) is 2.39. The van der Waals surface area contributed by atoms with Gasteiger partial charge in [0, 0.05) is 6.07 Å². The Hall–Kier alpha value is -2.34. The van der Waals surface area contributed by atoms with E-state index in [0.29, 0.717) is 5.56 Å². The minimum absolute atomic E-state index is 0.105. The maximum absolute atomic E-state index is 13.4. The van der Waals surface area contributed by atoms with Crippen LogP contribution in [0.5, 0.6) is 5.75 Å². The van der Waals surface area contributed by atoms with Gasteiger partial charge in [-0.15, -0.1) is 0 Å². The van der Waals surface area contributed by atoms with Crippen molar-refractivity contribution in [3.63, 3.8) is 0 Å². The molecule has 3 heteroatoms. The number of ether oxygens (including phenoxy) is 1. The number of nitrogens with zero attached hydrogens (tertiary/aromatic N) is 1. The first-order chi connectivity index (χ1) is 8.29. The van der Waals surface area contributed by atoms with Gasteiger partial charge in [-0.2, -0.15) is 5.26 Å². The normalized spacial score (nSPS) is 9.65. The molecule has 0 aromatic heterocycles. The Morgan fingerprint density at radius 2 is 1.88 bits per heavy atom. The van der Waals surface area contributed by atoms with E-state index in [-0.39, 0.29) is 12.4 Å². The summed E-state index contributed by atoms with van der Waals surface area (Å²) >= 11 is 0. The molecule has 0 atom stereocenters. The van der Waals surface area contributed by atoms with Crippen molar-refractivity contribution < 1.29 is 9.13 Å². The zero-order chi connectivity index (χ0) is 12.1. The van der Waals surface area contributed by atoms with Crippen LogP contribution < -0.4 is 4.74 Å². The maximum Gasteiger partial charge on any atom is 0.165 e. The predicted octanol–water partition coefficient (Wildman–Crippen LogP) is 3.28. The molecule has 2 rings (SSSR count). The van der Waals surface area contributed by atoms with Gasteiger partial charge in [-0.1, -0.05) is 30.3 Å². The van der Waals surface area contributed by atoms with Gasteiger partial charge < -0.3 is 4.74 Å². The van der Waals surface area contributed by atoms with Crippen molar-refractivity contribution in [2.45, 2.75) is 6.61 Å². The van der Waals surface area contributed by atoms with Crippen molar-refractivity contribution in [2.24, 2.45) is 0 Å². The zero-order valence-electron chi connectivity index (χ0n) is 9.06. The summed E-state index contributed by atoms with van der Waals surface area (Å²) in [5.74, 6) is -0.354. The summed E-state index contributed by atoms with van der Waals surface area (Å²) in [4.78, 5) is 0. The molecule has 0 fully saturated rings. The second kappa shape index (κ2) is 5.13. The molecule has 84 valence electrons. The summed E-state index contributed by atoms with van der Waals surface area (Å²) in [7, 11) is 0. The van der Waals surface area contributed by atoms with Crippen LogP contribution in [0, 0.1) is 17.1 Å². The van der Waals surface area contributed by atoms with Gasteiger partial charge in [0.2, 0.25) is 0 Å². The van der Waals surface area contributed by atoms with Crippen LogP contribution in [-0.2, 0) is 6.61 Å². The first-order valence-corrected chi connectivity index (χ1v) is 5.16. The second-order valence-electron chi connectivity index (χ2n) is 3.53. The Bertz CT molecular complexity index is 546. The Morgan fingerprint density at radius 3 is 2.59 bits per heavy atom. The summed E-state index contributed by atoms with van der Waals surface area (Å²) in [6, 6.07) is 15.5. The van der Waals surface area contributed by atoms with E-state index in [4.69, 9.17) is 10.00 Å². The first kappa shape index (κ1) is 11.2. The Balaban J connectivity index is 2.12. The molecule has 17 heavy (non-hydrogen) atoms. The second-order valence-corrected chi connectivity index (χ2v) is 3.53. The van der Waals surface area contributed by atoms with Gasteiger partial charge in [0.25, 0.3) is 0 Å². The van der Waals surface area contributed by atoms with Crippen LogP contribution in [0.1, 0.15) is 11.1 Å². The molecule has 2 aromatic carbocycles. The fourth-order valence-electron chi connectivity index (χ4n) is 1.42. The van der Waals surface area contributed by atoms with Crippen molar-refractivity contribution in [1.29, 1.82) is 5.26 Å². The van der Waals surface area contributed by atoms with Gasteiger partial charge in [-0.3, -0.25) is 0 Å². The zero-order valence-corrected chi connectivity index (χ0v) is 9.06. The largest absolute Gasteiger partial charge is 0.486 e. The average molecular weight is 227 g/mol. The lowest BCUT2D eigenvalue weighted by atomic mass is 10.2. The van der Waals surface area contributed by atoms with Gasteiger partial charge in [-0.05, 0) is 17.7 Å². The molecule has 0 N–H and O–H groups in total. The highest BCUT2D eigenvalue weighted by Gasteiger charge is 2.04. The smallest absolute Gasteiger partial charge is 0.165 e. The van der Waals surface area contributed by atoms with E-state index in [1.165, 1.54) is 18.2 Å². The SMILES string of the molecule is N#Cc1ccc(F)c(OCc2ccccc2)c1. The lowest BCUT2D eigenvalue weighted by Crippen LogP contribution is -1.97. The number of hydrogen-bond donors (Lipinski definition) is 0. The number of halogens is 1. The van der Waals surface area contributed by atoms with E-state index < -0.39 is 5.82 Å². The fourth-order valence-corrected chi connectivity index (χ4v) is 1.42. The summed E-state index contributed by atoms with van der Waals surface area (Å²) in [6.07, 6.45) is 0. The van der Waals surface area contributed by atoms with Crippen molar-refractivity contribution in [1.82, 2.24) is 0 Å². The van der Waals surface area contributed by atoms with E-state index in [2.05, 4.69) is 0 Å². The molecule has 0 amide bonds. The minimum Gasteiger partial charge on any atom is -0.486 e. The molecule has 0 aliphatic carbocycles. The third kappa shape index (κ3) is 2.82. The van der Waals surface area contributed by atoms with E-state index in [1.54, 1.807) is 0 Å². The molecule has 0 spiro atoms. The molecule has 2 aromatic rings. The third-order valence-electron chi connectivity index (χ3n) is 2.30. The highest BCUT2D eigenvalue weighted by Crippen LogP contribution is 2.19. The third-order valence-corrected chi connectivity index (χ3v) is 2.30. The van der Waals surface area contributed by atoms with Crippen LogP contribution in [0.3, 0.4) is 0 Å². The van der Waals surface area contributed by atoms with Crippen LogP contribution in [0.4, 0.5) is 4.39 Å². The van der Waals surface area contributed by atoms with Crippen molar-refractivity contribution in [2.75, 3.05) is 0 Å². The van der Waals surface area contributed by atoms with Gasteiger partial charge in [-0.25, -0.2) is 4.39 Å². The van der Waals surface area contributed by atoms with Crippen LogP contribution in [0.2, 0.25) is 0 Å². The summed E-state index contributed by atoms with van der Waals surface area (Å²) in [5.41, 5.74) is 1.34. The topological polar surface area (TPSA) is 33.0 Å². The molecule has 0 bridgehead atoms. The summed E-state index contributed by atoms with van der Waals surface area (Å²) in [6.45, 7) is 0.284. The Morgan fingerprint density at radius 1 is 1.12 bits per heavy atom. The van der Waals surface area contributed by atoms with E-state index in [0.717, 1.165) is 5.56 Å². The monoisotopic (exact) mass is 227 g/mol. The molecule has 0 aliphatic rings. The van der Waals surface area contributed by atoms with Crippen molar-refractivity contribution >= 4 is 0 Å². The number of rotatable bonds is 3. The number of nitriles is 1. The lowest BCUT2D eigenvalue weighted by molar-refractivity contribution is 0.290. The van der Waals surface area contributed by atoms with E-state index in [9.17, 15) is 4.39 Å². The molecular formula is C14H10FNO. The Labute approximate surface area is 98.9 Å². The Kier molecular flexibility index (Phi) is 3.37. The van der Waals surface area contributed by atoms with Crippen LogP contribution >= 0.6 is 0 Å². The van der Waals surface area contributed by atoms with Gasteiger partial charge >= 0.3 is 0 Å². The number of hydrogen-bond acceptors (Lipinski definition) is 2. The molecule has 0 unspecified atom stereocenters. The molecule has 0 saturated carbocycles. The molecule has 0 heterocycles. The van der Waals surface area contributed by atoms with Crippen molar-refractivity contribution in [3.8, 4) is 11.8 Å². The highest BCUT2D eigenvalue weighted by molar-refractivity contribution is 5.37. The molecule has 2 nitrogen and oxygen atoms in total. The molecule has 0 radical (unpaired) electrons. The molecular weight excluding hydrogens is 217 g/mol. The highest BCUT2D eigenvalue weighted by atomic mass is 19.1. The first-order valence-electron chi connectivity index (χ1n) is 5.16. The van der Waals surface area contributed by atoms with E-state index >= 15 is 0 Å². The standard InChI is InChI=1S/C14H10FNO/c15-13-7-6-12(9-16)8-14(13)17-10-11-4-2-1-3-5-11/h1-8H,10H2. The van der Waals surface area contributed by atoms with E-state index in [1.807, 2.05) is 36.4 Å². The predicted molar refractivity (Wildman–Crippen MR) is 61.9 cm³/mol. The van der Waals surface area contributed by atoms with Gasteiger partial charge in [0.1, 0.15) is 6.61 Å². The van der Waals surface area contributed by atoms with Crippen LogP contribution in [0.15, 0.2) is 48.5 Å².